The van der Waals surface area contributed by atoms with Crippen LogP contribution in [-0.4, -0.2) is 30.6 Å². The second-order valence-electron chi connectivity index (χ2n) is 4.55. The van der Waals surface area contributed by atoms with Gasteiger partial charge in [0.1, 0.15) is 18.2 Å². The van der Waals surface area contributed by atoms with Gasteiger partial charge in [-0.25, -0.2) is 15.0 Å². The van der Waals surface area contributed by atoms with Gasteiger partial charge in [0.05, 0.1) is 12.7 Å². The first-order valence-corrected chi connectivity index (χ1v) is 6.47. The van der Waals surface area contributed by atoms with E-state index in [9.17, 15) is 4.79 Å². The first-order valence-electron chi connectivity index (χ1n) is 6.47. The van der Waals surface area contributed by atoms with Gasteiger partial charge in [-0.2, -0.15) is 0 Å². The first kappa shape index (κ1) is 13.2. The van der Waals surface area contributed by atoms with Crippen molar-refractivity contribution in [3.63, 3.8) is 0 Å². The molecule has 1 unspecified atom stereocenters. The van der Waals surface area contributed by atoms with Gasteiger partial charge in [-0.15, -0.1) is 0 Å². The topological polar surface area (TPSA) is 82.8 Å². The number of hydrogen-bond acceptors (Lipinski definition) is 6. The van der Waals surface area contributed by atoms with E-state index in [2.05, 4.69) is 19.9 Å². The maximum atomic E-state index is 12.3. The zero-order chi connectivity index (χ0) is 14.7. The molecule has 3 heterocycles. The molecule has 0 aromatic carbocycles. The van der Waals surface area contributed by atoms with E-state index in [-0.39, 0.29) is 17.2 Å². The number of fused-ring (bicyclic) bond motifs is 1. The third kappa shape index (κ3) is 2.86. The SMILES string of the molecule is CC(Cn1cnc2nccnc2c1=O)Oc1cccnc1. The molecule has 3 aromatic rings. The Morgan fingerprint density at radius 3 is 2.90 bits per heavy atom. The van der Waals surface area contributed by atoms with Crippen molar-refractivity contribution in [3.05, 3.63) is 53.6 Å². The van der Waals surface area contributed by atoms with E-state index in [1.165, 1.54) is 23.3 Å². The van der Waals surface area contributed by atoms with Crippen LogP contribution in [0, 0.1) is 0 Å². The Labute approximate surface area is 120 Å². The number of aromatic nitrogens is 5. The fourth-order valence-electron chi connectivity index (χ4n) is 1.98. The zero-order valence-electron chi connectivity index (χ0n) is 11.4. The summed E-state index contributed by atoms with van der Waals surface area (Å²) in [5.41, 5.74) is 0.378. The van der Waals surface area contributed by atoms with E-state index >= 15 is 0 Å². The molecular weight excluding hydrogens is 270 g/mol. The lowest BCUT2D eigenvalue weighted by Gasteiger charge is -2.15. The van der Waals surface area contributed by atoms with Crippen molar-refractivity contribution >= 4 is 11.2 Å². The second kappa shape index (κ2) is 5.66. The molecule has 0 N–H and O–H groups in total. The minimum atomic E-state index is -0.227. The van der Waals surface area contributed by atoms with E-state index in [4.69, 9.17) is 4.74 Å². The Hall–Kier alpha value is -2.83. The maximum Gasteiger partial charge on any atom is 0.281 e. The van der Waals surface area contributed by atoms with E-state index in [1.54, 1.807) is 18.5 Å². The number of ether oxygens (including phenoxy) is 1. The van der Waals surface area contributed by atoms with Crippen molar-refractivity contribution in [2.24, 2.45) is 0 Å². The lowest BCUT2D eigenvalue weighted by molar-refractivity contribution is 0.197. The molecule has 0 fully saturated rings. The summed E-state index contributed by atoms with van der Waals surface area (Å²) in [5, 5.41) is 0. The fraction of sp³-hybridized carbons (Fsp3) is 0.214. The van der Waals surface area contributed by atoms with Crippen LogP contribution in [0.5, 0.6) is 5.75 Å². The van der Waals surface area contributed by atoms with Crippen LogP contribution in [0.4, 0.5) is 0 Å². The standard InChI is InChI=1S/C14H13N5O2/c1-10(21-11-3-2-4-15-7-11)8-19-9-18-13-12(14(19)20)16-5-6-17-13/h2-7,9-10H,8H2,1H3. The summed E-state index contributed by atoms with van der Waals surface area (Å²) in [6, 6.07) is 3.61. The molecule has 1 atom stereocenters. The zero-order valence-corrected chi connectivity index (χ0v) is 11.4. The molecule has 7 heteroatoms. The lowest BCUT2D eigenvalue weighted by atomic mass is 10.3. The first-order chi connectivity index (χ1) is 10.2. The number of hydrogen-bond donors (Lipinski definition) is 0. The molecular formula is C14H13N5O2. The van der Waals surface area contributed by atoms with Crippen LogP contribution in [0.25, 0.3) is 11.2 Å². The molecule has 0 radical (unpaired) electrons. The highest BCUT2D eigenvalue weighted by atomic mass is 16.5. The Balaban J connectivity index is 1.82. The van der Waals surface area contributed by atoms with Crippen LogP contribution in [0.1, 0.15) is 6.92 Å². The van der Waals surface area contributed by atoms with Gasteiger partial charge in [0, 0.05) is 18.6 Å². The predicted octanol–water partition coefficient (Wildman–Crippen LogP) is 1.05. The smallest absolute Gasteiger partial charge is 0.281 e. The number of nitrogens with zero attached hydrogens (tertiary/aromatic N) is 5. The number of pyridine rings is 1. The molecule has 0 bridgehead atoms. The molecule has 0 amide bonds. The van der Waals surface area contributed by atoms with Crippen molar-refractivity contribution in [3.8, 4) is 5.75 Å². The quantitative estimate of drug-likeness (QED) is 0.711. The summed E-state index contributed by atoms with van der Waals surface area (Å²) in [4.78, 5) is 28.4. The normalized spacial score (nSPS) is 12.2. The van der Waals surface area contributed by atoms with E-state index in [0.29, 0.717) is 17.9 Å². The van der Waals surface area contributed by atoms with Gasteiger partial charge in [-0.3, -0.25) is 14.3 Å². The van der Waals surface area contributed by atoms with Crippen LogP contribution in [0.3, 0.4) is 0 Å². The van der Waals surface area contributed by atoms with Crippen molar-refractivity contribution in [2.75, 3.05) is 0 Å². The summed E-state index contributed by atoms with van der Waals surface area (Å²) >= 11 is 0. The molecule has 0 aliphatic carbocycles. The molecule has 0 saturated heterocycles. The molecule has 0 aliphatic heterocycles. The Bertz CT molecular complexity index is 803. The molecule has 3 aromatic heterocycles. The average Bonchev–Trinajstić information content (AvgIpc) is 2.51. The molecule has 7 nitrogen and oxygen atoms in total. The molecule has 0 spiro atoms. The van der Waals surface area contributed by atoms with Gasteiger partial charge in [-0.05, 0) is 19.1 Å². The van der Waals surface area contributed by atoms with Crippen molar-refractivity contribution in [1.29, 1.82) is 0 Å². The van der Waals surface area contributed by atoms with Crippen LogP contribution in [0.15, 0.2) is 48.0 Å². The second-order valence-corrected chi connectivity index (χ2v) is 4.55. The molecule has 3 rings (SSSR count). The van der Waals surface area contributed by atoms with Crippen LogP contribution < -0.4 is 10.3 Å². The van der Waals surface area contributed by atoms with Gasteiger partial charge in [0.25, 0.3) is 5.56 Å². The highest BCUT2D eigenvalue weighted by molar-refractivity contribution is 5.66. The summed E-state index contributed by atoms with van der Waals surface area (Å²) in [5.74, 6) is 0.659. The van der Waals surface area contributed by atoms with Gasteiger partial charge in [-0.1, -0.05) is 0 Å². The lowest BCUT2D eigenvalue weighted by Crippen LogP contribution is -2.29. The molecule has 106 valence electrons. The minimum Gasteiger partial charge on any atom is -0.487 e. The highest BCUT2D eigenvalue weighted by Crippen LogP contribution is 2.09. The van der Waals surface area contributed by atoms with Crippen molar-refractivity contribution < 1.29 is 4.74 Å². The van der Waals surface area contributed by atoms with Gasteiger partial charge in [0.15, 0.2) is 11.2 Å². The number of rotatable bonds is 4. The molecule has 0 saturated carbocycles. The summed E-state index contributed by atoms with van der Waals surface area (Å²) in [6.45, 7) is 2.24. The Morgan fingerprint density at radius 2 is 2.10 bits per heavy atom. The van der Waals surface area contributed by atoms with E-state index < -0.39 is 0 Å². The summed E-state index contributed by atoms with van der Waals surface area (Å²) in [6.07, 6.45) is 7.54. The van der Waals surface area contributed by atoms with Crippen molar-refractivity contribution in [1.82, 2.24) is 24.5 Å². The Morgan fingerprint density at radius 1 is 1.24 bits per heavy atom. The fourth-order valence-corrected chi connectivity index (χ4v) is 1.98. The maximum absolute atomic E-state index is 12.3. The Kier molecular flexibility index (Phi) is 3.55. The van der Waals surface area contributed by atoms with Gasteiger partial charge < -0.3 is 4.74 Å². The van der Waals surface area contributed by atoms with Crippen LogP contribution >= 0.6 is 0 Å². The average molecular weight is 283 g/mol. The highest BCUT2D eigenvalue weighted by Gasteiger charge is 2.10. The largest absolute Gasteiger partial charge is 0.487 e. The summed E-state index contributed by atoms with van der Waals surface area (Å²) < 4.78 is 7.17. The van der Waals surface area contributed by atoms with Gasteiger partial charge >= 0.3 is 0 Å². The van der Waals surface area contributed by atoms with Crippen molar-refractivity contribution in [2.45, 2.75) is 19.6 Å². The monoisotopic (exact) mass is 283 g/mol. The summed E-state index contributed by atoms with van der Waals surface area (Å²) in [7, 11) is 0. The van der Waals surface area contributed by atoms with E-state index in [1.807, 2.05) is 13.0 Å². The minimum absolute atomic E-state index is 0.206. The van der Waals surface area contributed by atoms with Crippen LogP contribution in [0.2, 0.25) is 0 Å². The molecule has 21 heavy (non-hydrogen) atoms. The van der Waals surface area contributed by atoms with Crippen LogP contribution in [-0.2, 0) is 6.54 Å². The molecule has 0 aliphatic rings. The predicted molar refractivity (Wildman–Crippen MR) is 75.9 cm³/mol. The third-order valence-corrected chi connectivity index (χ3v) is 2.89. The third-order valence-electron chi connectivity index (χ3n) is 2.89. The van der Waals surface area contributed by atoms with E-state index in [0.717, 1.165) is 0 Å². The van der Waals surface area contributed by atoms with Gasteiger partial charge in [0.2, 0.25) is 0 Å².